The molecule has 1 aliphatic rings. The Balaban J connectivity index is 1.27. The molecule has 9 aromatic rings. The van der Waals surface area contributed by atoms with Gasteiger partial charge in [-0.2, -0.15) is 0 Å². The van der Waals surface area contributed by atoms with E-state index in [1.165, 1.54) is 86.5 Å². The molecule has 1 heterocycles. The van der Waals surface area contributed by atoms with E-state index < -0.39 is 0 Å². The van der Waals surface area contributed by atoms with Crippen molar-refractivity contribution in [2.24, 2.45) is 0 Å². The van der Waals surface area contributed by atoms with Crippen LogP contribution in [0.1, 0.15) is 25.0 Å². The lowest BCUT2D eigenvalue weighted by molar-refractivity contribution is 0.661. The average Bonchev–Trinajstić information content (AvgIpc) is 3.65. The fraction of sp³-hybridized carbons (Fsp3) is 0.0638. The van der Waals surface area contributed by atoms with Crippen molar-refractivity contribution >= 4 is 70.1 Å². The molecule has 232 valence electrons. The summed E-state index contributed by atoms with van der Waals surface area (Å²) in [6.07, 6.45) is 0. The van der Waals surface area contributed by atoms with Crippen LogP contribution in [-0.4, -0.2) is 0 Å². The molecular weight excluding hydrogens is 611 g/mol. The molecule has 10 rings (SSSR count). The number of rotatable bonds is 4. The van der Waals surface area contributed by atoms with Gasteiger partial charge in [0, 0.05) is 37.5 Å². The van der Waals surface area contributed by atoms with Crippen LogP contribution in [0.3, 0.4) is 0 Å². The number of thiophene rings is 1. The molecule has 1 nitrogen and oxygen atoms in total. The average molecular weight is 644 g/mol. The van der Waals surface area contributed by atoms with Gasteiger partial charge in [-0.3, -0.25) is 0 Å². The second kappa shape index (κ2) is 10.7. The monoisotopic (exact) mass is 643 g/mol. The molecule has 0 N–H and O–H groups in total. The standard InChI is InChI=1S/C47H33NS/c1-47(2)40-21-11-10-19-39(40)44-41(47)28-27-38-37-20-12-22-42(45(37)49-46(38)44)48(33-25-23-31(24-26-33)30-13-4-3-5-14-30)43-29-32-15-6-7-16-34(32)35-17-8-9-18-36(35)43/h3-29H,1-2H3. The maximum Gasteiger partial charge on any atom is 0.0640 e. The van der Waals surface area contributed by atoms with Crippen molar-refractivity contribution in [1.82, 2.24) is 0 Å². The Morgan fingerprint density at radius 2 is 1.10 bits per heavy atom. The summed E-state index contributed by atoms with van der Waals surface area (Å²) in [4.78, 5) is 2.50. The predicted octanol–water partition coefficient (Wildman–Crippen LogP) is 13.8. The minimum absolute atomic E-state index is 0.0321. The summed E-state index contributed by atoms with van der Waals surface area (Å²) in [7, 11) is 0. The van der Waals surface area contributed by atoms with Crippen LogP contribution in [0.2, 0.25) is 0 Å². The minimum Gasteiger partial charge on any atom is -0.308 e. The van der Waals surface area contributed by atoms with Gasteiger partial charge in [0.1, 0.15) is 0 Å². The first-order chi connectivity index (χ1) is 24.1. The molecule has 1 aliphatic carbocycles. The van der Waals surface area contributed by atoms with E-state index >= 15 is 0 Å². The molecule has 8 aromatic carbocycles. The Bertz CT molecular complexity index is 2730. The number of benzene rings is 8. The first-order valence-electron chi connectivity index (χ1n) is 17.0. The second-order valence-electron chi connectivity index (χ2n) is 13.7. The van der Waals surface area contributed by atoms with E-state index in [4.69, 9.17) is 0 Å². The lowest BCUT2D eigenvalue weighted by Gasteiger charge is -2.28. The van der Waals surface area contributed by atoms with Gasteiger partial charge in [-0.25, -0.2) is 0 Å². The van der Waals surface area contributed by atoms with Crippen molar-refractivity contribution in [2.75, 3.05) is 4.90 Å². The first kappa shape index (κ1) is 28.3. The molecule has 0 fully saturated rings. The fourth-order valence-electron chi connectivity index (χ4n) is 8.26. The van der Waals surface area contributed by atoms with Gasteiger partial charge in [0.25, 0.3) is 0 Å². The van der Waals surface area contributed by atoms with Crippen molar-refractivity contribution in [3.8, 4) is 22.3 Å². The highest BCUT2D eigenvalue weighted by Gasteiger charge is 2.37. The lowest BCUT2D eigenvalue weighted by Crippen LogP contribution is -2.14. The summed E-state index contributed by atoms with van der Waals surface area (Å²) >= 11 is 1.94. The van der Waals surface area contributed by atoms with Gasteiger partial charge in [0.05, 0.1) is 16.1 Å². The molecule has 0 amide bonds. The Morgan fingerprint density at radius 3 is 1.94 bits per heavy atom. The van der Waals surface area contributed by atoms with Crippen LogP contribution in [0, 0.1) is 0 Å². The number of fused-ring (bicyclic) bond motifs is 10. The normalized spacial score (nSPS) is 13.3. The summed E-state index contributed by atoms with van der Waals surface area (Å²) < 4.78 is 2.68. The number of nitrogens with zero attached hydrogens (tertiary/aromatic N) is 1. The summed E-state index contributed by atoms with van der Waals surface area (Å²) in [5, 5.41) is 7.65. The zero-order chi connectivity index (χ0) is 32.7. The van der Waals surface area contributed by atoms with E-state index in [0.29, 0.717) is 0 Å². The van der Waals surface area contributed by atoms with Gasteiger partial charge in [-0.15, -0.1) is 11.3 Å². The van der Waals surface area contributed by atoms with Gasteiger partial charge < -0.3 is 4.90 Å². The summed E-state index contributed by atoms with van der Waals surface area (Å²) in [5.74, 6) is 0. The van der Waals surface area contributed by atoms with E-state index in [1.54, 1.807) is 0 Å². The van der Waals surface area contributed by atoms with E-state index in [0.717, 1.165) is 5.69 Å². The maximum atomic E-state index is 2.50. The van der Waals surface area contributed by atoms with Crippen molar-refractivity contribution < 1.29 is 0 Å². The SMILES string of the molecule is CC1(C)c2ccccc2-c2c1ccc1c2sc2c(N(c3ccc(-c4ccccc4)cc3)c3cc4ccccc4c4ccccc34)cccc21. The largest absolute Gasteiger partial charge is 0.308 e. The van der Waals surface area contributed by atoms with E-state index in [1.807, 2.05) is 11.3 Å². The zero-order valence-electron chi connectivity index (χ0n) is 27.4. The third kappa shape index (κ3) is 4.17. The van der Waals surface area contributed by atoms with Gasteiger partial charge >= 0.3 is 0 Å². The van der Waals surface area contributed by atoms with Crippen LogP contribution in [0.15, 0.2) is 164 Å². The van der Waals surface area contributed by atoms with Crippen molar-refractivity contribution in [2.45, 2.75) is 19.3 Å². The van der Waals surface area contributed by atoms with E-state index in [2.05, 4.69) is 183 Å². The van der Waals surface area contributed by atoms with E-state index in [9.17, 15) is 0 Å². The fourth-order valence-corrected chi connectivity index (χ4v) is 9.63. The van der Waals surface area contributed by atoms with Crippen LogP contribution in [0.5, 0.6) is 0 Å². The van der Waals surface area contributed by atoms with Crippen LogP contribution in [0.4, 0.5) is 17.1 Å². The second-order valence-corrected chi connectivity index (χ2v) is 14.7. The number of hydrogen-bond donors (Lipinski definition) is 0. The molecule has 0 radical (unpaired) electrons. The van der Waals surface area contributed by atoms with Gasteiger partial charge in [-0.1, -0.05) is 153 Å². The molecular formula is C47H33NS. The number of anilines is 3. The molecule has 0 bridgehead atoms. The number of hydrogen-bond acceptors (Lipinski definition) is 2. The third-order valence-corrected chi connectivity index (χ3v) is 11.9. The van der Waals surface area contributed by atoms with Gasteiger partial charge in [-0.05, 0) is 68.2 Å². The Labute approximate surface area is 290 Å². The van der Waals surface area contributed by atoms with Gasteiger partial charge in [0.15, 0.2) is 0 Å². The first-order valence-corrected chi connectivity index (χ1v) is 17.8. The van der Waals surface area contributed by atoms with E-state index in [-0.39, 0.29) is 5.41 Å². The highest BCUT2D eigenvalue weighted by Crippen LogP contribution is 2.55. The predicted molar refractivity (Wildman–Crippen MR) is 212 cm³/mol. The molecule has 0 saturated carbocycles. The highest BCUT2D eigenvalue weighted by molar-refractivity contribution is 7.27. The lowest BCUT2D eigenvalue weighted by atomic mass is 9.82. The van der Waals surface area contributed by atoms with Crippen LogP contribution >= 0.6 is 11.3 Å². The summed E-state index contributed by atoms with van der Waals surface area (Å²) in [5.41, 5.74) is 11.5. The Kier molecular flexibility index (Phi) is 6.16. The topological polar surface area (TPSA) is 3.24 Å². The van der Waals surface area contributed by atoms with Gasteiger partial charge in [0.2, 0.25) is 0 Å². The quantitative estimate of drug-likeness (QED) is 0.173. The van der Waals surface area contributed by atoms with Crippen LogP contribution in [-0.2, 0) is 5.41 Å². The molecule has 0 spiro atoms. The third-order valence-electron chi connectivity index (χ3n) is 10.6. The molecule has 1 aromatic heterocycles. The molecule has 49 heavy (non-hydrogen) atoms. The molecule has 0 unspecified atom stereocenters. The molecule has 0 atom stereocenters. The molecule has 0 aliphatic heterocycles. The maximum absolute atomic E-state index is 2.50. The zero-order valence-corrected chi connectivity index (χ0v) is 28.3. The molecule has 0 saturated heterocycles. The van der Waals surface area contributed by atoms with Crippen molar-refractivity contribution in [3.05, 3.63) is 175 Å². The highest BCUT2D eigenvalue weighted by atomic mass is 32.1. The Morgan fingerprint density at radius 1 is 0.449 bits per heavy atom. The van der Waals surface area contributed by atoms with Crippen molar-refractivity contribution in [3.63, 3.8) is 0 Å². The van der Waals surface area contributed by atoms with Crippen molar-refractivity contribution in [1.29, 1.82) is 0 Å². The van der Waals surface area contributed by atoms with Crippen LogP contribution in [0.25, 0.3) is 64.0 Å². The minimum atomic E-state index is -0.0321. The Hall–Kier alpha value is -5.70. The summed E-state index contributed by atoms with van der Waals surface area (Å²) in [6, 6.07) is 60.4. The van der Waals surface area contributed by atoms with Crippen LogP contribution < -0.4 is 4.90 Å². The smallest absolute Gasteiger partial charge is 0.0640 e. The summed E-state index contributed by atoms with van der Waals surface area (Å²) in [6.45, 7) is 4.74. The molecule has 2 heteroatoms.